The Morgan fingerprint density at radius 2 is 1.86 bits per heavy atom. The highest BCUT2D eigenvalue weighted by Gasteiger charge is 2.30. The lowest BCUT2D eigenvalue weighted by Gasteiger charge is -2.20. The monoisotopic (exact) mass is 298 g/mol. The average molecular weight is 298 g/mol. The summed E-state index contributed by atoms with van der Waals surface area (Å²) in [5, 5.41) is 5.77. The Kier molecular flexibility index (Phi) is 6.49. The van der Waals surface area contributed by atoms with Gasteiger partial charge in [0.05, 0.1) is 0 Å². The van der Waals surface area contributed by atoms with E-state index < -0.39 is 11.7 Å². The molecule has 122 valence electrons. The van der Waals surface area contributed by atoms with Gasteiger partial charge in [0, 0.05) is 19.0 Å². The molecule has 3 unspecified atom stereocenters. The van der Waals surface area contributed by atoms with Gasteiger partial charge in [-0.3, -0.25) is 4.79 Å². The van der Waals surface area contributed by atoms with Crippen LogP contribution >= 0.6 is 0 Å². The first-order valence-corrected chi connectivity index (χ1v) is 7.95. The minimum atomic E-state index is -0.489. The van der Waals surface area contributed by atoms with E-state index in [1.165, 1.54) is 6.42 Å². The zero-order chi connectivity index (χ0) is 16.0. The molecule has 5 heteroatoms. The number of ether oxygens (including phenoxy) is 1. The fourth-order valence-electron chi connectivity index (χ4n) is 2.60. The molecule has 0 radical (unpaired) electrons. The fraction of sp³-hybridized carbons (Fsp3) is 0.875. The topological polar surface area (TPSA) is 67.4 Å². The van der Waals surface area contributed by atoms with Crippen LogP contribution in [0.2, 0.25) is 0 Å². The van der Waals surface area contributed by atoms with Crippen molar-refractivity contribution in [2.24, 2.45) is 11.8 Å². The molecule has 0 aliphatic heterocycles. The van der Waals surface area contributed by atoms with Crippen molar-refractivity contribution in [3.05, 3.63) is 0 Å². The number of carbonyl (C=O) groups excluding carboxylic acids is 2. The summed E-state index contributed by atoms with van der Waals surface area (Å²) in [6.07, 6.45) is 2.90. The number of hydrogen-bond donors (Lipinski definition) is 2. The van der Waals surface area contributed by atoms with Crippen LogP contribution in [0.4, 0.5) is 4.79 Å². The molecule has 3 atom stereocenters. The molecule has 2 N–H and O–H groups in total. The van der Waals surface area contributed by atoms with E-state index in [0.29, 0.717) is 37.3 Å². The van der Waals surface area contributed by atoms with Crippen molar-refractivity contribution in [1.29, 1.82) is 0 Å². The van der Waals surface area contributed by atoms with Crippen LogP contribution in [-0.2, 0) is 9.53 Å². The molecule has 0 saturated heterocycles. The second kappa shape index (κ2) is 7.66. The van der Waals surface area contributed by atoms with Gasteiger partial charge in [0.25, 0.3) is 0 Å². The van der Waals surface area contributed by atoms with Crippen molar-refractivity contribution in [3.8, 4) is 0 Å². The smallest absolute Gasteiger partial charge is 0.407 e. The molecule has 21 heavy (non-hydrogen) atoms. The number of rotatable bonds is 5. The molecule has 1 saturated carbocycles. The third-order valence-corrected chi connectivity index (χ3v) is 4.06. The van der Waals surface area contributed by atoms with Gasteiger partial charge >= 0.3 is 6.09 Å². The van der Waals surface area contributed by atoms with Gasteiger partial charge in [-0.25, -0.2) is 4.79 Å². The molecular formula is C16H30N2O3. The fourth-order valence-corrected chi connectivity index (χ4v) is 2.60. The Balaban J connectivity index is 2.13. The van der Waals surface area contributed by atoms with Crippen LogP contribution in [0.3, 0.4) is 0 Å². The highest BCUT2D eigenvalue weighted by atomic mass is 16.6. The van der Waals surface area contributed by atoms with Crippen LogP contribution < -0.4 is 10.6 Å². The van der Waals surface area contributed by atoms with E-state index >= 15 is 0 Å². The van der Waals surface area contributed by atoms with Crippen LogP contribution in [0.25, 0.3) is 0 Å². The summed E-state index contributed by atoms with van der Waals surface area (Å²) in [7, 11) is 0. The van der Waals surface area contributed by atoms with E-state index in [2.05, 4.69) is 24.5 Å². The lowest BCUT2D eigenvalue weighted by molar-refractivity contribution is -0.122. The van der Waals surface area contributed by atoms with E-state index in [9.17, 15) is 9.59 Å². The molecule has 0 aromatic heterocycles. The minimum Gasteiger partial charge on any atom is -0.444 e. The van der Waals surface area contributed by atoms with E-state index in [1.807, 2.05) is 20.8 Å². The average Bonchev–Trinajstić information content (AvgIpc) is 2.64. The second-order valence-electron chi connectivity index (χ2n) is 7.12. The molecule has 2 amide bonds. The molecule has 1 aliphatic carbocycles. The lowest BCUT2D eigenvalue weighted by Crippen LogP contribution is -2.38. The second-order valence-corrected chi connectivity index (χ2v) is 7.12. The third kappa shape index (κ3) is 6.82. The van der Waals surface area contributed by atoms with Gasteiger partial charge in [-0.1, -0.05) is 13.8 Å². The van der Waals surface area contributed by atoms with Crippen molar-refractivity contribution >= 4 is 12.0 Å². The van der Waals surface area contributed by atoms with Crippen molar-refractivity contribution in [1.82, 2.24) is 10.6 Å². The van der Waals surface area contributed by atoms with Gasteiger partial charge in [0.2, 0.25) is 5.91 Å². The number of hydrogen-bond acceptors (Lipinski definition) is 3. The van der Waals surface area contributed by atoms with Crippen LogP contribution in [-0.4, -0.2) is 30.2 Å². The van der Waals surface area contributed by atoms with Crippen molar-refractivity contribution in [2.75, 3.05) is 6.54 Å². The lowest BCUT2D eigenvalue weighted by atomic mass is 9.98. The largest absolute Gasteiger partial charge is 0.444 e. The maximum absolute atomic E-state index is 11.9. The zero-order valence-corrected chi connectivity index (χ0v) is 14.0. The van der Waals surface area contributed by atoms with Gasteiger partial charge in [-0.05, 0) is 51.9 Å². The normalized spacial score (nSPS) is 25.5. The molecule has 0 bridgehead atoms. The van der Waals surface area contributed by atoms with E-state index in [0.717, 1.165) is 6.42 Å². The summed E-state index contributed by atoms with van der Waals surface area (Å²) in [5.74, 6) is 1.31. The number of carbonyl (C=O) groups is 2. The molecule has 0 heterocycles. The Morgan fingerprint density at radius 1 is 1.19 bits per heavy atom. The summed E-state index contributed by atoms with van der Waals surface area (Å²) in [6.45, 7) is 10.4. The molecular weight excluding hydrogens is 268 g/mol. The Hall–Kier alpha value is -1.26. The SMILES string of the molecule is CC1CCC(NC(=O)CCCNC(=O)OC(C)(C)C)C1C. The van der Waals surface area contributed by atoms with Crippen LogP contribution in [0, 0.1) is 11.8 Å². The molecule has 0 aromatic carbocycles. The van der Waals surface area contributed by atoms with Crippen LogP contribution in [0.15, 0.2) is 0 Å². The molecule has 0 aromatic rings. The van der Waals surface area contributed by atoms with Crippen LogP contribution in [0.1, 0.15) is 60.3 Å². The highest BCUT2D eigenvalue weighted by molar-refractivity contribution is 5.76. The highest BCUT2D eigenvalue weighted by Crippen LogP contribution is 2.31. The molecule has 1 rings (SSSR count). The maximum Gasteiger partial charge on any atom is 0.407 e. The van der Waals surface area contributed by atoms with Crippen molar-refractivity contribution < 1.29 is 14.3 Å². The molecule has 5 nitrogen and oxygen atoms in total. The molecule has 0 spiro atoms. The summed E-state index contributed by atoms with van der Waals surface area (Å²) in [5.41, 5.74) is -0.489. The van der Waals surface area contributed by atoms with Gasteiger partial charge in [-0.15, -0.1) is 0 Å². The van der Waals surface area contributed by atoms with E-state index in [4.69, 9.17) is 4.74 Å². The van der Waals surface area contributed by atoms with Gasteiger partial charge in [0.1, 0.15) is 5.60 Å². The first-order valence-electron chi connectivity index (χ1n) is 7.95. The maximum atomic E-state index is 11.9. The van der Waals surface area contributed by atoms with Crippen molar-refractivity contribution in [2.45, 2.75) is 71.9 Å². The van der Waals surface area contributed by atoms with Crippen LogP contribution in [0.5, 0.6) is 0 Å². The zero-order valence-electron chi connectivity index (χ0n) is 14.0. The standard InChI is InChI=1S/C16H30N2O3/c1-11-8-9-13(12(11)2)18-14(19)7-6-10-17-15(20)21-16(3,4)5/h11-13H,6-10H2,1-5H3,(H,17,20)(H,18,19). The minimum absolute atomic E-state index is 0.0759. The Bertz CT molecular complexity index is 363. The number of alkyl carbamates (subject to hydrolysis) is 1. The van der Waals surface area contributed by atoms with E-state index in [-0.39, 0.29) is 5.91 Å². The summed E-state index contributed by atoms with van der Waals surface area (Å²) in [6, 6.07) is 0.311. The molecule has 1 aliphatic rings. The summed E-state index contributed by atoms with van der Waals surface area (Å²) < 4.78 is 5.13. The molecule has 1 fully saturated rings. The predicted molar refractivity (Wildman–Crippen MR) is 83.0 cm³/mol. The quantitative estimate of drug-likeness (QED) is 0.767. The van der Waals surface area contributed by atoms with Gasteiger partial charge in [0.15, 0.2) is 0 Å². The Morgan fingerprint density at radius 3 is 2.38 bits per heavy atom. The summed E-state index contributed by atoms with van der Waals surface area (Å²) in [4.78, 5) is 23.3. The number of nitrogens with one attached hydrogen (secondary N) is 2. The van der Waals surface area contributed by atoms with E-state index in [1.54, 1.807) is 0 Å². The van der Waals surface area contributed by atoms with Crippen molar-refractivity contribution in [3.63, 3.8) is 0 Å². The van der Waals surface area contributed by atoms with Gasteiger partial charge < -0.3 is 15.4 Å². The summed E-state index contributed by atoms with van der Waals surface area (Å²) >= 11 is 0. The van der Waals surface area contributed by atoms with Gasteiger partial charge in [-0.2, -0.15) is 0 Å². The predicted octanol–water partition coefficient (Wildman–Crippen LogP) is 2.84. The Labute approximate surface area is 128 Å². The third-order valence-electron chi connectivity index (χ3n) is 4.06. The first kappa shape index (κ1) is 17.8. The number of amides is 2. The first-order chi connectivity index (χ1) is 9.69.